The van der Waals surface area contributed by atoms with Crippen molar-refractivity contribution < 1.29 is 13.2 Å². The van der Waals surface area contributed by atoms with Crippen LogP contribution < -0.4 is 4.72 Å². The van der Waals surface area contributed by atoms with Gasteiger partial charge in [-0.1, -0.05) is 6.07 Å². The second kappa shape index (κ2) is 9.27. The Morgan fingerprint density at radius 2 is 2.03 bits per heavy atom. The van der Waals surface area contributed by atoms with Crippen molar-refractivity contribution in [1.29, 1.82) is 0 Å². The minimum atomic E-state index is -3.56. The molecule has 10 heteroatoms. The third kappa shape index (κ3) is 4.83. The normalized spacial score (nSPS) is 14.9. The van der Waals surface area contributed by atoms with Gasteiger partial charge in [0.1, 0.15) is 14.1 Å². The quantitative estimate of drug-likeness (QED) is 0.543. The first kappa shape index (κ1) is 21.6. The molecule has 0 aliphatic carbocycles. The number of thiophene rings is 2. The van der Waals surface area contributed by atoms with Crippen molar-refractivity contribution in [2.75, 3.05) is 19.6 Å². The number of likely N-dealkylation sites (tertiary alicyclic amines) is 1. The van der Waals surface area contributed by atoms with Gasteiger partial charge in [0.2, 0.25) is 10.0 Å². The zero-order chi connectivity index (χ0) is 21.1. The van der Waals surface area contributed by atoms with Crippen LogP contribution in [0.4, 0.5) is 0 Å². The number of hydrogen-bond donors (Lipinski definition) is 1. The van der Waals surface area contributed by atoms with E-state index >= 15 is 0 Å². The van der Waals surface area contributed by atoms with E-state index in [-0.39, 0.29) is 10.1 Å². The molecule has 0 atom stereocenters. The summed E-state index contributed by atoms with van der Waals surface area (Å²) in [6, 6.07) is 5.60. The monoisotopic (exact) mass is 481 g/mol. The molecule has 1 N–H and O–H groups in total. The summed E-state index contributed by atoms with van der Waals surface area (Å²) in [5, 5.41) is 4.46. The van der Waals surface area contributed by atoms with Gasteiger partial charge in [-0.25, -0.2) is 18.1 Å². The molecule has 160 valence electrons. The number of hydrogen-bond acceptors (Lipinski definition) is 7. The maximum absolute atomic E-state index is 12.8. The van der Waals surface area contributed by atoms with Crippen LogP contribution in [0.5, 0.6) is 0 Å². The third-order valence-electron chi connectivity index (χ3n) is 4.96. The number of piperidine rings is 1. The van der Waals surface area contributed by atoms with Crippen LogP contribution in [0.3, 0.4) is 0 Å². The van der Waals surface area contributed by atoms with Gasteiger partial charge in [0.25, 0.3) is 5.91 Å². The molecule has 0 bridgehead atoms. The molecule has 30 heavy (non-hydrogen) atoms. The smallest absolute Gasteiger partial charge is 0.265 e. The van der Waals surface area contributed by atoms with E-state index < -0.39 is 10.0 Å². The molecule has 0 unspecified atom stereocenters. The lowest BCUT2D eigenvalue weighted by molar-refractivity contribution is 0.0728. The Bertz CT molecular complexity index is 1110. The summed E-state index contributed by atoms with van der Waals surface area (Å²) in [5.74, 6) is 0.0364. The summed E-state index contributed by atoms with van der Waals surface area (Å²) in [4.78, 5) is 21.1. The lowest BCUT2D eigenvalue weighted by Gasteiger charge is -2.26. The molecular weight excluding hydrogens is 459 g/mol. The summed E-state index contributed by atoms with van der Waals surface area (Å²) < 4.78 is 28.2. The van der Waals surface area contributed by atoms with Crippen molar-refractivity contribution in [2.45, 2.75) is 36.8 Å². The van der Waals surface area contributed by atoms with E-state index in [1.54, 1.807) is 22.8 Å². The van der Waals surface area contributed by atoms with Crippen LogP contribution in [0.1, 0.15) is 39.5 Å². The van der Waals surface area contributed by atoms with Crippen molar-refractivity contribution in [2.24, 2.45) is 0 Å². The predicted molar refractivity (Wildman–Crippen MR) is 123 cm³/mol. The molecule has 1 fully saturated rings. The first-order valence-corrected chi connectivity index (χ1v) is 13.9. The topological polar surface area (TPSA) is 79.4 Å². The van der Waals surface area contributed by atoms with Gasteiger partial charge in [-0.15, -0.1) is 34.0 Å². The maximum Gasteiger partial charge on any atom is 0.265 e. The number of aryl methyl sites for hydroxylation is 1. The van der Waals surface area contributed by atoms with E-state index in [2.05, 4.69) is 9.71 Å². The largest absolute Gasteiger partial charge is 0.338 e. The number of thiazole rings is 1. The van der Waals surface area contributed by atoms with Gasteiger partial charge in [0, 0.05) is 35.5 Å². The van der Waals surface area contributed by atoms with Crippen LogP contribution >= 0.6 is 34.0 Å². The second-order valence-corrected chi connectivity index (χ2v) is 12.1. The van der Waals surface area contributed by atoms with Gasteiger partial charge in [-0.05, 0) is 50.1 Å². The summed E-state index contributed by atoms with van der Waals surface area (Å²) in [6.07, 6.45) is 3.93. The van der Waals surface area contributed by atoms with E-state index in [0.717, 1.165) is 36.4 Å². The van der Waals surface area contributed by atoms with Gasteiger partial charge >= 0.3 is 0 Å². The second-order valence-electron chi connectivity index (χ2n) is 7.17. The van der Waals surface area contributed by atoms with Gasteiger partial charge in [0.15, 0.2) is 0 Å². The Hall–Kier alpha value is -1.59. The fourth-order valence-electron chi connectivity index (χ4n) is 3.36. The number of nitrogens with zero attached hydrogens (tertiary/aromatic N) is 2. The first-order chi connectivity index (χ1) is 14.4. The number of rotatable bonds is 7. The van der Waals surface area contributed by atoms with Crippen molar-refractivity contribution in [3.8, 4) is 10.6 Å². The molecule has 0 radical (unpaired) electrons. The average Bonchev–Trinajstić information content (AvgIpc) is 3.49. The van der Waals surface area contributed by atoms with E-state index in [9.17, 15) is 13.2 Å². The highest BCUT2D eigenvalue weighted by atomic mass is 32.2. The molecule has 1 aliphatic heterocycles. The van der Waals surface area contributed by atoms with Crippen molar-refractivity contribution in [3.05, 3.63) is 44.4 Å². The van der Waals surface area contributed by atoms with E-state index in [1.165, 1.54) is 29.1 Å². The molecule has 6 nitrogen and oxygen atoms in total. The molecule has 4 rings (SSSR count). The number of sulfonamides is 1. The molecule has 3 aromatic rings. The summed E-state index contributed by atoms with van der Waals surface area (Å²) in [5.41, 5.74) is 1.44. The fraction of sp³-hybridized carbons (Fsp3) is 0.400. The molecule has 0 spiro atoms. The zero-order valence-electron chi connectivity index (χ0n) is 16.6. The van der Waals surface area contributed by atoms with Crippen LogP contribution in [0, 0.1) is 6.92 Å². The van der Waals surface area contributed by atoms with Gasteiger partial charge < -0.3 is 4.90 Å². The number of amides is 1. The summed E-state index contributed by atoms with van der Waals surface area (Å²) in [6.45, 7) is 3.79. The maximum atomic E-state index is 12.8. The first-order valence-electron chi connectivity index (χ1n) is 9.82. The van der Waals surface area contributed by atoms with Crippen molar-refractivity contribution in [1.82, 2.24) is 14.6 Å². The number of nitrogens with one attached hydrogen (secondary N) is 1. The number of carbonyl (C=O) groups is 1. The van der Waals surface area contributed by atoms with E-state index in [4.69, 9.17) is 0 Å². The Morgan fingerprint density at radius 1 is 1.23 bits per heavy atom. The van der Waals surface area contributed by atoms with E-state index in [1.807, 2.05) is 29.3 Å². The average molecular weight is 482 g/mol. The van der Waals surface area contributed by atoms with Gasteiger partial charge in [-0.2, -0.15) is 0 Å². The molecule has 4 heterocycles. The van der Waals surface area contributed by atoms with Crippen LogP contribution in [-0.4, -0.2) is 43.8 Å². The molecule has 1 amide bonds. The third-order valence-corrected chi connectivity index (χ3v) is 10.00. The molecule has 0 aromatic carbocycles. The summed E-state index contributed by atoms with van der Waals surface area (Å²) >= 11 is 4.14. The van der Waals surface area contributed by atoms with E-state index in [0.29, 0.717) is 28.5 Å². The Labute approximate surface area is 188 Å². The minimum Gasteiger partial charge on any atom is -0.338 e. The zero-order valence-corrected chi connectivity index (χ0v) is 19.9. The lowest BCUT2D eigenvalue weighted by Crippen LogP contribution is -2.35. The van der Waals surface area contributed by atoms with Gasteiger partial charge in [-0.3, -0.25) is 4.79 Å². The standard InChI is InChI=1S/C20H23N3O3S4/c1-14-18(20(24)23-9-3-2-4-10-23)29-19(22-14)15-12-17(28-13-15)30(25,26)21-8-7-16-6-5-11-27-16/h5-6,11-13,21H,2-4,7-10H2,1H3. The molecule has 0 saturated carbocycles. The Kier molecular flexibility index (Phi) is 6.69. The number of carbonyl (C=O) groups excluding carboxylic acids is 1. The molecule has 3 aromatic heterocycles. The van der Waals surface area contributed by atoms with Crippen molar-refractivity contribution in [3.63, 3.8) is 0 Å². The van der Waals surface area contributed by atoms with Crippen LogP contribution in [0.15, 0.2) is 33.2 Å². The Balaban J connectivity index is 1.46. The molecule has 1 aliphatic rings. The number of aromatic nitrogens is 1. The van der Waals surface area contributed by atoms with Crippen LogP contribution in [0.25, 0.3) is 10.6 Å². The predicted octanol–water partition coefficient (Wildman–Crippen LogP) is 4.39. The molecular formula is C20H23N3O3S4. The van der Waals surface area contributed by atoms with Crippen LogP contribution in [0.2, 0.25) is 0 Å². The van der Waals surface area contributed by atoms with Crippen LogP contribution in [-0.2, 0) is 16.4 Å². The highest BCUT2D eigenvalue weighted by Gasteiger charge is 2.24. The van der Waals surface area contributed by atoms with Gasteiger partial charge in [0.05, 0.1) is 5.69 Å². The highest BCUT2D eigenvalue weighted by molar-refractivity contribution is 7.91. The highest BCUT2D eigenvalue weighted by Crippen LogP contribution is 2.33. The summed E-state index contributed by atoms with van der Waals surface area (Å²) in [7, 11) is -3.56. The fourth-order valence-corrected chi connectivity index (χ4v) is 7.41. The minimum absolute atomic E-state index is 0.0364. The van der Waals surface area contributed by atoms with Crippen molar-refractivity contribution >= 4 is 49.9 Å². The Morgan fingerprint density at radius 3 is 2.77 bits per heavy atom. The lowest BCUT2D eigenvalue weighted by atomic mass is 10.1. The SMILES string of the molecule is Cc1nc(-c2csc(S(=O)(=O)NCCc3cccs3)c2)sc1C(=O)N1CCCCC1. The molecule has 1 saturated heterocycles.